The summed E-state index contributed by atoms with van der Waals surface area (Å²) in [6, 6.07) is 7.10. The van der Waals surface area contributed by atoms with Crippen molar-refractivity contribution in [3.8, 4) is 0 Å². The number of amides is 2. The van der Waals surface area contributed by atoms with Crippen LogP contribution in [0.3, 0.4) is 0 Å². The van der Waals surface area contributed by atoms with E-state index in [2.05, 4.69) is 5.32 Å². The first-order valence-corrected chi connectivity index (χ1v) is 6.52. The third kappa shape index (κ3) is 3.24. The summed E-state index contributed by atoms with van der Waals surface area (Å²) in [5, 5.41) is 2.96. The second kappa shape index (κ2) is 5.73. The molecule has 0 spiro atoms. The Labute approximate surface area is 112 Å². The van der Waals surface area contributed by atoms with Crippen LogP contribution in [0.25, 0.3) is 0 Å². The molecule has 1 saturated carbocycles. The lowest BCUT2D eigenvalue weighted by Crippen LogP contribution is -2.39. The summed E-state index contributed by atoms with van der Waals surface area (Å²) in [5.74, 6) is -0.437. The first-order valence-electron chi connectivity index (χ1n) is 6.52. The van der Waals surface area contributed by atoms with E-state index in [1.54, 1.807) is 24.3 Å². The zero-order valence-electron chi connectivity index (χ0n) is 10.8. The second-order valence-corrected chi connectivity index (χ2v) is 5.01. The van der Waals surface area contributed by atoms with Gasteiger partial charge in [0, 0.05) is 17.6 Å². The summed E-state index contributed by atoms with van der Waals surface area (Å²) in [4.78, 5) is 23.1. The Bertz CT molecular complexity index is 479. The third-order valence-corrected chi connectivity index (χ3v) is 3.67. The monoisotopic (exact) mass is 261 g/mol. The number of nitrogen functional groups attached to an aromatic ring is 1. The van der Waals surface area contributed by atoms with Gasteiger partial charge in [0.15, 0.2) is 0 Å². The highest BCUT2D eigenvalue weighted by atomic mass is 16.2. The predicted octanol–water partition coefficient (Wildman–Crippen LogP) is 1.04. The molecule has 0 radical (unpaired) electrons. The lowest BCUT2D eigenvalue weighted by molar-refractivity contribution is -0.122. The number of nitrogens with one attached hydrogen (secondary N) is 1. The van der Waals surface area contributed by atoms with Crippen LogP contribution in [-0.2, 0) is 4.79 Å². The molecule has 0 saturated heterocycles. The summed E-state index contributed by atoms with van der Waals surface area (Å²) in [6.45, 7) is 0. The molecule has 0 heterocycles. The molecule has 102 valence electrons. The number of para-hydroxylation sites is 1. The highest BCUT2D eigenvalue weighted by molar-refractivity contribution is 5.99. The van der Waals surface area contributed by atoms with Gasteiger partial charge in [0.1, 0.15) is 0 Å². The van der Waals surface area contributed by atoms with Gasteiger partial charge in [0.05, 0.1) is 5.56 Å². The quantitative estimate of drug-likeness (QED) is 0.709. The van der Waals surface area contributed by atoms with Crippen molar-refractivity contribution in [1.82, 2.24) is 5.32 Å². The van der Waals surface area contributed by atoms with Gasteiger partial charge >= 0.3 is 0 Å². The van der Waals surface area contributed by atoms with Crippen LogP contribution in [0.4, 0.5) is 5.69 Å². The summed E-state index contributed by atoms with van der Waals surface area (Å²) in [7, 11) is 0. The van der Waals surface area contributed by atoms with Crippen molar-refractivity contribution in [2.24, 2.45) is 11.7 Å². The van der Waals surface area contributed by atoms with Crippen LogP contribution in [0.5, 0.6) is 0 Å². The van der Waals surface area contributed by atoms with Crippen molar-refractivity contribution in [3.05, 3.63) is 29.8 Å². The number of benzene rings is 1. The number of hydrogen-bond acceptors (Lipinski definition) is 3. The lowest BCUT2D eigenvalue weighted by atomic mass is 9.85. The zero-order chi connectivity index (χ0) is 13.8. The van der Waals surface area contributed by atoms with Crippen LogP contribution in [-0.4, -0.2) is 17.9 Å². The van der Waals surface area contributed by atoms with E-state index < -0.39 is 0 Å². The molecule has 1 aromatic rings. The molecule has 19 heavy (non-hydrogen) atoms. The predicted molar refractivity (Wildman–Crippen MR) is 73.3 cm³/mol. The Balaban J connectivity index is 1.91. The van der Waals surface area contributed by atoms with Crippen molar-refractivity contribution in [2.45, 2.75) is 31.7 Å². The topological polar surface area (TPSA) is 98.2 Å². The normalized spacial score (nSPS) is 22.7. The average molecular weight is 261 g/mol. The largest absolute Gasteiger partial charge is 0.398 e. The maximum absolute atomic E-state index is 12.1. The van der Waals surface area contributed by atoms with Crippen LogP contribution >= 0.6 is 0 Å². The van der Waals surface area contributed by atoms with Crippen LogP contribution < -0.4 is 16.8 Å². The van der Waals surface area contributed by atoms with Crippen molar-refractivity contribution in [1.29, 1.82) is 0 Å². The minimum atomic E-state index is -0.239. The summed E-state index contributed by atoms with van der Waals surface area (Å²) >= 11 is 0. The van der Waals surface area contributed by atoms with Crippen LogP contribution in [0.15, 0.2) is 24.3 Å². The number of primary amides is 1. The van der Waals surface area contributed by atoms with Crippen molar-refractivity contribution >= 4 is 17.5 Å². The van der Waals surface area contributed by atoms with Crippen molar-refractivity contribution in [2.75, 3.05) is 5.73 Å². The molecule has 1 fully saturated rings. The number of rotatable bonds is 3. The number of carbonyl (C=O) groups is 2. The van der Waals surface area contributed by atoms with Crippen LogP contribution in [0.2, 0.25) is 0 Å². The van der Waals surface area contributed by atoms with Gasteiger partial charge in [-0.1, -0.05) is 12.1 Å². The minimum Gasteiger partial charge on any atom is -0.398 e. The molecule has 0 aliphatic heterocycles. The molecule has 0 unspecified atom stereocenters. The first kappa shape index (κ1) is 13.4. The van der Waals surface area contributed by atoms with Crippen molar-refractivity contribution < 1.29 is 9.59 Å². The number of hydrogen-bond donors (Lipinski definition) is 3. The standard InChI is InChI=1S/C14H19N3O2/c15-12-4-2-1-3-11(12)14(19)17-10-7-5-9(6-8-10)13(16)18/h1-4,9-10H,5-8,15H2,(H2,16,18)(H,17,19)/t9-,10+. The van der Waals surface area contributed by atoms with E-state index >= 15 is 0 Å². The molecule has 1 aliphatic rings. The fourth-order valence-electron chi connectivity index (χ4n) is 2.49. The van der Waals surface area contributed by atoms with E-state index in [1.165, 1.54) is 0 Å². The number of carbonyl (C=O) groups excluding carboxylic acids is 2. The molecule has 0 atom stereocenters. The molecule has 0 bridgehead atoms. The number of anilines is 1. The van der Waals surface area contributed by atoms with Crippen LogP contribution in [0.1, 0.15) is 36.0 Å². The third-order valence-electron chi connectivity index (χ3n) is 3.67. The van der Waals surface area contributed by atoms with E-state index in [0.29, 0.717) is 11.3 Å². The van der Waals surface area contributed by atoms with Gasteiger partial charge in [0.25, 0.3) is 5.91 Å². The SMILES string of the molecule is Nc1ccccc1C(=O)N[C@H]1CC[C@@H](C(N)=O)CC1. The molecule has 5 nitrogen and oxygen atoms in total. The van der Waals surface area contributed by atoms with Gasteiger partial charge in [-0.2, -0.15) is 0 Å². The maximum Gasteiger partial charge on any atom is 0.253 e. The van der Waals surface area contributed by atoms with Gasteiger partial charge in [-0.25, -0.2) is 0 Å². The van der Waals surface area contributed by atoms with E-state index in [-0.39, 0.29) is 23.8 Å². The average Bonchev–Trinajstić information content (AvgIpc) is 2.39. The van der Waals surface area contributed by atoms with E-state index in [1.807, 2.05) is 0 Å². The molecule has 1 aliphatic carbocycles. The fourth-order valence-corrected chi connectivity index (χ4v) is 2.49. The summed E-state index contributed by atoms with van der Waals surface area (Å²) in [6.07, 6.45) is 3.05. The molecule has 5 N–H and O–H groups in total. The highest BCUT2D eigenvalue weighted by Crippen LogP contribution is 2.24. The van der Waals surface area contributed by atoms with Gasteiger partial charge in [0.2, 0.25) is 5.91 Å². The Hall–Kier alpha value is -2.04. The summed E-state index contributed by atoms with van der Waals surface area (Å²) in [5.41, 5.74) is 12.0. The molecule has 0 aromatic heterocycles. The molecular formula is C14H19N3O2. The molecular weight excluding hydrogens is 242 g/mol. The minimum absolute atomic E-state index is 0.0463. The smallest absolute Gasteiger partial charge is 0.253 e. The summed E-state index contributed by atoms with van der Waals surface area (Å²) < 4.78 is 0. The number of nitrogens with two attached hydrogens (primary N) is 2. The zero-order valence-corrected chi connectivity index (χ0v) is 10.8. The highest BCUT2D eigenvalue weighted by Gasteiger charge is 2.25. The van der Waals surface area contributed by atoms with Gasteiger partial charge in [-0.3, -0.25) is 9.59 Å². The fraction of sp³-hybridized carbons (Fsp3) is 0.429. The Morgan fingerprint density at radius 3 is 2.32 bits per heavy atom. The van der Waals surface area contributed by atoms with E-state index in [4.69, 9.17) is 11.5 Å². The molecule has 1 aromatic carbocycles. The Kier molecular flexibility index (Phi) is 4.04. The Morgan fingerprint density at radius 2 is 1.74 bits per heavy atom. The van der Waals surface area contributed by atoms with Crippen LogP contribution in [0, 0.1) is 5.92 Å². The van der Waals surface area contributed by atoms with Gasteiger partial charge in [-0.15, -0.1) is 0 Å². The van der Waals surface area contributed by atoms with E-state index in [0.717, 1.165) is 25.7 Å². The lowest BCUT2D eigenvalue weighted by Gasteiger charge is -2.27. The Morgan fingerprint density at radius 1 is 1.11 bits per heavy atom. The maximum atomic E-state index is 12.1. The van der Waals surface area contributed by atoms with Crippen molar-refractivity contribution in [3.63, 3.8) is 0 Å². The molecule has 2 rings (SSSR count). The molecule has 5 heteroatoms. The van der Waals surface area contributed by atoms with Gasteiger partial charge in [-0.05, 0) is 37.8 Å². The van der Waals surface area contributed by atoms with E-state index in [9.17, 15) is 9.59 Å². The van der Waals surface area contributed by atoms with Gasteiger partial charge < -0.3 is 16.8 Å². The first-order chi connectivity index (χ1) is 9.08. The second-order valence-electron chi connectivity index (χ2n) is 5.01. The molecule has 2 amide bonds.